The lowest BCUT2D eigenvalue weighted by atomic mass is 10.1. The van der Waals surface area contributed by atoms with Crippen molar-refractivity contribution >= 4 is 11.7 Å². The summed E-state index contributed by atoms with van der Waals surface area (Å²) in [6.07, 6.45) is 0.510. The minimum Gasteiger partial charge on any atom is -0.497 e. The van der Waals surface area contributed by atoms with Gasteiger partial charge in [0.15, 0.2) is 5.78 Å². The first-order valence-corrected chi connectivity index (χ1v) is 8.91. The molecule has 0 saturated carbocycles. The highest BCUT2D eigenvalue weighted by Crippen LogP contribution is 2.14. The Labute approximate surface area is 154 Å². The highest BCUT2D eigenvalue weighted by Gasteiger charge is 2.22. The van der Waals surface area contributed by atoms with Crippen LogP contribution in [0.2, 0.25) is 0 Å². The summed E-state index contributed by atoms with van der Waals surface area (Å²) in [5.74, 6) is 0.962. The van der Waals surface area contributed by atoms with Gasteiger partial charge in [-0.05, 0) is 24.3 Å². The highest BCUT2D eigenvalue weighted by atomic mass is 16.5. The lowest BCUT2D eigenvalue weighted by Crippen LogP contribution is -2.49. The fraction of sp³-hybridized carbons (Fsp3) is 0.333. The molecule has 5 heteroatoms. The van der Waals surface area contributed by atoms with Crippen LogP contribution in [0.25, 0.3) is 0 Å². The molecule has 5 nitrogen and oxygen atoms in total. The van der Waals surface area contributed by atoms with Gasteiger partial charge in [-0.25, -0.2) is 0 Å². The molecule has 0 unspecified atom stereocenters. The first-order chi connectivity index (χ1) is 12.7. The van der Waals surface area contributed by atoms with E-state index in [-0.39, 0.29) is 11.7 Å². The molecule has 0 bridgehead atoms. The number of rotatable bonds is 6. The van der Waals surface area contributed by atoms with Gasteiger partial charge in [0.25, 0.3) is 5.91 Å². The fourth-order valence-electron chi connectivity index (χ4n) is 3.12. The summed E-state index contributed by atoms with van der Waals surface area (Å²) in [7, 11) is 1.61. The zero-order valence-electron chi connectivity index (χ0n) is 15.1. The molecule has 1 aliphatic rings. The van der Waals surface area contributed by atoms with Crippen LogP contribution in [0.1, 0.15) is 27.1 Å². The zero-order chi connectivity index (χ0) is 18.4. The van der Waals surface area contributed by atoms with E-state index in [1.54, 1.807) is 31.4 Å². The molecule has 1 fully saturated rings. The van der Waals surface area contributed by atoms with E-state index in [0.29, 0.717) is 25.1 Å². The van der Waals surface area contributed by atoms with E-state index in [0.717, 1.165) is 30.9 Å². The number of benzene rings is 2. The van der Waals surface area contributed by atoms with Crippen molar-refractivity contribution in [1.82, 2.24) is 9.80 Å². The average molecular weight is 352 g/mol. The van der Waals surface area contributed by atoms with Gasteiger partial charge in [0.2, 0.25) is 0 Å². The minimum atomic E-state index is 0.0488. The van der Waals surface area contributed by atoms with Gasteiger partial charge < -0.3 is 9.64 Å². The first kappa shape index (κ1) is 18.1. The number of hydrogen-bond acceptors (Lipinski definition) is 4. The predicted molar refractivity (Wildman–Crippen MR) is 101 cm³/mol. The number of ketones is 1. The number of Topliss-reactive ketones (excluding diaryl/α,β-unsaturated/α-hetero) is 1. The number of carbonyl (C=O) groups is 2. The summed E-state index contributed by atoms with van der Waals surface area (Å²) in [6, 6.07) is 16.6. The van der Waals surface area contributed by atoms with Crippen LogP contribution in [0.3, 0.4) is 0 Å². The fourth-order valence-corrected chi connectivity index (χ4v) is 3.12. The minimum absolute atomic E-state index is 0.0488. The van der Waals surface area contributed by atoms with Crippen molar-refractivity contribution in [3.63, 3.8) is 0 Å². The molecule has 0 aromatic heterocycles. The van der Waals surface area contributed by atoms with Gasteiger partial charge in [-0.2, -0.15) is 0 Å². The monoisotopic (exact) mass is 352 g/mol. The molecule has 26 heavy (non-hydrogen) atoms. The van der Waals surface area contributed by atoms with Crippen molar-refractivity contribution in [2.45, 2.75) is 6.42 Å². The Morgan fingerprint density at radius 1 is 0.885 bits per heavy atom. The number of carbonyl (C=O) groups excluding carboxylic acids is 2. The summed E-state index contributed by atoms with van der Waals surface area (Å²) in [5.41, 5.74) is 1.44. The molecular weight excluding hydrogens is 328 g/mol. The van der Waals surface area contributed by atoms with Crippen molar-refractivity contribution < 1.29 is 14.3 Å². The Bertz CT molecular complexity index is 736. The van der Waals surface area contributed by atoms with E-state index in [1.807, 2.05) is 35.2 Å². The van der Waals surface area contributed by atoms with Crippen molar-refractivity contribution in [1.29, 1.82) is 0 Å². The van der Waals surface area contributed by atoms with Crippen LogP contribution < -0.4 is 4.74 Å². The van der Waals surface area contributed by atoms with Gasteiger partial charge in [0, 0.05) is 50.3 Å². The summed E-state index contributed by atoms with van der Waals surface area (Å²) in [4.78, 5) is 28.9. The van der Waals surface area contributed by atoms with Crippen LogP contribution in [0, 0.1) is 0 Å². The molecule has 1 amide bonds. The summed E-state index contributed by atoms with van der Waals surface area (Å²) in [5, 5.41) is 0. The number of ether oxygens (including phenoxy) is 1. The van der Waals surface area contributed by atoms with E-state index in [1.165, 1.54) is 0 Å². The Kier molecular flexibility index (Phi) is 6.02. The van der Waals surface area contributed by atoms with Gasteiger partial charge in [0.05, 0.1) is 7.11 Å². The third-order valence-electron chi connectivity index (χ3n) is 4.75. The van der Waals surface area contributed by atoms with Crippen LogP contribution >= 0.6 is 0 Å². The Balaban J connectivity index is 1.46. The van der Waals surface area contributed by atoms with E-state index in [4.69, 9.17) is 4.74 Å². The average Bonchev–Trinajstić information content (AvgIpc) is 2.72. The Morgan fingerprint density at radius 3 is 2.15 bits per heavy atom. The molecular formula is C21H24N2O3. The van der Waals surface area contributed by atoms with Crippen LogP contribution in [0.4, 0.5) is 0 Å². The topological polar surface area (TPSA) is 49.9 Å². The van der Waals surface area contributed by atoms with Crippen LogP contribution in [-0.2, 0) is 0 Å². The van der Waals surface area contributed by atoms with E-state index < -0.39 is 0 Å². The molecule has 2 aromatic carbocycles. The van der Waals surface area contributed by atoms with Crippen molar-refractivity contribution in [2.24, 2.45) is 0 Å². The van der Waals surface area contributed by atoms with Crippen molar-refractivity contribution in [3.8, 4) is 5.75 Å². The molecule has 0 atom stereocenters. The quantitative estimate of drug-likeness (QED) is 0.750. The molecule has 1 aliphatic heterocycles. The molecule has 0 aliphatic carbocycles. The van der Waals surface area contributed by atoms with Crippen LogP contribution in [0.15, 0.2) is 54.6 Å². The normalized spacial score (nSPS) is 14.9. The number of piperazine rings is 1. The molecule has 3 rings (SSSR count). The van der Waals surface area contributed by atoms with Crippen LogP contribution in [-0.4, -0.2) is 61.3 Å². The third-order valence-corrected chi connectivity index (χ3v) is 4.75. The molecule has 1 heterocycles. The van der Waals surface area contributed by atoms with Crippen LogP contribution in [0.5, 0.6) is 5.75 Å². The maximum Gasteiger partial charge on any atom is 0.253 e. The van der Waals surface area contributed by atoms with E-state index >= 15 is 0 Å². The van der Waals surface area contributed by atoms with Gasteiger partial charge in [-0.1, -0.05) is 30.3 Å². The first-order valence-electron chi connectivity index (χ1n) is 8.91. The maximum absolute atomic E-state index is 12.6. The third kappa shape index (κ3) is 4.49. The standard InChI is InChI=1S/C21H24N2O3/c1-26-19-9-7-18(8-10-19)21(25)23-15-13-22(14-16-23)12-11-20(24)17-5-3-2-4-6-17/h2-10H,11-16H2,1H3. The zero-order valence-corrected chi connectivity index (χ0v) is 15.1. The van der Waals surface area contributed by atoms with Gasteiger partial charge in [-0.3, -0.25) is 14.5 Å². The number of nitrogens with zero attached hydrogens (tertiary/aromatic N) is 2. The van der Waals surface area contributed by atoms with E-state index in [2.05, 4.69) is 4.90 Å². The molecule has 1 saturated heterocycles. The second-order valence-electron chi connectivity index (χ2n) is 6.40. The van der Waals surface area contributed by atoms with Crippen molar-refractivity contribution in [3.05, 3.63) is 65.7 Å². The molecule has 0 spiro atoms. The van der Waals surface area contributed by atoms with Gasteiger partial charge >= 0.3 is 0 Å². The SMILES string of the molecule is COc1ccc(C(=O)N2CCN(CCC(=O)c3ccccc3)CC2)cc1. The molecule has 136 valence electrons. The lowest BCUT2D eigenvalue weighted by Gasteiger charge is -2.34. The van der Waals surface area contributed by atoms with Crippen molar-refractivity contribution in [2.75, 3.05) is 39.8 Å². The summed E-state index contributed by atoms with van der Waals surface area (Å²) in [6.45, 7) is 3.70. The Hall–Kier alpha value is -2.66. The Morgan fingerprint density at radius 2 is 1.54 bits per heavy atom. The molecule has 0 N–H and O–H groups in total. The maximum atomic E-state index is 12.6. The lowest BCUT2D eigenvalue weighted by molar-refractivity contribution is 0.0628. The summed E-state index contributed by atoms with van der Waals surface area (Å²) < 4.78 is 5.13. The number of amides is 1. The molecule has 0 radical (unpaired) electrons. The molecule has 2 aromatic rings. The van der Waals surface area contributed by atoms with Gasteiger partial charge in [0.1, 0.15) is 5.75 Å². The largest absolute Gasteiger partial charge is 0.497 e. The summed E-state index contributed by atoms with van der Waals surface area (Å²) >= 11 is 0. The highest BCUT2D eigenvalue weighted by molar-refractivity contribution is 5.96. The number of methoxy groups -OCH3 is 1. The second kappa shape index (κ2) is 8.63. The second-order valence-corrected chi connectivity index (χ2v) is 6.40. The van der Waals surface area contributed by atoms with E-state index in [9.17, 15) is 9.59 Å². The predicted octanol–water partition coefficient (Wildman–Crippen LogP) is 2.73. The van der Waals surface area contributed by atoms with Gasteiger partial charge in [-0.15, -0.1) is 0 Å². The number of hydrogen-bond donors (Lipinski definition) is 0. The smallest absolute Gasteiger partial charge is 0.253 e.